The van der Waals surface area contributed by atoms with Crippen LogP contribution in [0.1, 0.15) is 18.4 Å². The lowest BCUT2D eigenvalue weighted by Gasteiger charge is -2.31. The molecule has 1 fully saturated rings. The highest BCUT2D eigenvalue weighted by Crippen LogP contribution is 2.19. The first kappa shape index (κ1) is 12.3. The lowest BCUT2D eigenvalue weighted by atomic mass is 9.96. The van der Waals surface area contributed by atoms with Crippen LogP contribution in [0.25, 0.3) is 0 Å². The van der Waals surface area contributed by atoms with E-state index in [4.69, 9.17) is 18.0 Å². The Hall–Kier alpha value is -1.13. The van der Waals surface area contributed by atoms with Gasteiger partial charge in [0.25, 0.3) is 0 Å². The molecule has 1 saturated heterocycles. The number of phenolic OH excluding ortho intramolecular Hbond substituents is 1. The van der Waals surface area contributed by atoms with Gasteiger partial charge in [0, 0.05) is 12.5 Å². The molecule has 4 heteroatoms. The van der Waals surface area contributed by atoms with Crippen LogP contribution in [0, 0.1) is 5.92 Å². The van der Waals surface area contributed by atoms with Crippen molar-refractivity contribution in [1.29, 1.82) is 0 Å². The first-order valence-corrected chi connectivity index (χ1v) is 6.35. The van der Waals surface area contributed by atoms with Crippen LogP contribution in [0.4, 0.5) is 0 Å². The Morgan fingerprint density at radius 1 is 1.29 bits per heavy atom. The van der Waals surface area contributed by atoms with E-state index in [0.29, 0.717) is 16.7 Å². The van der Waals surface area contributed by atoms with Gasteiger partial charge in [-0.25, -0.2) is 0 Å². The van der Waals surface area contributed by atoms with Crippen LogP contribution in [-0.4, -0.2) is 28.1 Å². The third-order valence-corrected chi connectivity index (χ3v) is 3.67. The third kappa shape index (κ3) is 3.41. The molecule has 17 heavy (non-hydrogen) atoms. The zero-order chi connectivity index (χ0) is 12.3. The minimum atomic E-state index is 0.320. The maximum atomic E-state index is 9.22. The summed E-state index contributed by atoms with van der Waals surface area (Å²) in [5, 5.41) is 9.22. The van der Waals surface area contributed by atoms with E-state index >= 15 is 0 Å². The second kappa shape index (κ2) is 5.47. The van der Waals surface area contributed by atoms with Crippen LogP contribution in [-0.2, 0) is 6.54 Å². The minimum absolute atomic E-state index is 0.320. The zero-order valence-electron chi connectivity index (χ0n) is 9.80. The highest BCUT2D eigenvalue weighted by molar-refractivity contribution is 7.80. The van der Waals surface area contributed by atoms with Crippen LogP contribution < -0.4 is 5.73 Å². The summed E-state index contributed by atoms with van der Waals surface area (Å²) >= 11 is 5.03. The molecular formula is C13H18N2OS. The lowest BCUT2D eigenvalue weighted by Crippen LogP contribution is -2.37. The van der Waals surface area contributed by atoms with Crippen LogP contribution in [0.15, 0.2) is 24.3 Å². The molecule has 1 aromatic rings. The van der Waals surface area contributed by atoms with E-state index in [9.17, 15) is 5.11 Å². The van der Waals surface area contributed by atoms with Gasteiger partial charge in [0.2, 0.25) is 0 Å². The summed E-state index contributed by atoms with van der Waals surface area (Å²) in [4.78, 5) is 3.07. The van der Waals surface area contributed by atoms with Crippen molar-refractivity contribution in [2.45, 2.75) is 19.4 Å². The summed E-state index contributed by atoms with van der Waals surface area (Å²) in [6.45, 7) is 3.02. The number of phenols is 1. The number of aromatic hydroxyl groups is 1. The van der Waals surface area contributed by atoms with Crippen molar-refractivity contribution in [3.05, 3.63) is 29.8 Å². The highest BCUT2D eigenvalue weighted by Gasteiger charge is 2.20. The van der Waals surface area contributed by atoms with Crippen molar-refractivity contribution < 1.29 is 5.11 Å². The molecule has 1 heterocycles. The number of nitrogens with zero attached hydrogens (tertiary/aromatic N) is 1. The molecule has 92 valence electrons. The third-order valence-electron chi connectivity index (χ3n) is 3.33. The number of piperidine rings is 1. The Labute approximate surface area is 107 Å². The Morgan fingerprint density at radius 3 is 2.41 bits per heavy atom. The average Bonchev–Trinajstić information content (AvgIpc) is 2.33. The molecule has 2 rings (SSSR count). The van der Waals surface area contributed by atoms with Crippen molar-refractivity contribution in [2.24, 2.45) is 11.7 Å². The molecule has 1 aromatic carbocycles. The Bertz CT molecular complexity index is 383. The van der Waals surface area contributed by atoms with Crippen LogP contribution >= 0.6 is 12.2 Å². The van der Waals surface area contributed by atoms with E-state index in [-0.39, 0.29) is 0 Å². The van der Waals surface area contributed by atoms with E-state index in [2.05, 4.69) is 4.90 Å². The SMILES string of the molecule is NC(=S)C1CCN(Cc2ccc(O)cc2)CC1. The van der Waals surface area contributed by atoms with E-state index in [0.717, 1.165) is 32.5 Å². The first-order chi connectivity index (χ1) is 8.15. The number of rotatable bonds is 3. The van der Waals surface area contributed by atoms with Crippen molar-refractivity contribution >= 4 is 17.2 Å². The fourth-order valence-electron chi connectivity index (χ4n) is 2.24. The molecule has 1 aliphatic heterocycles. The van der Waals surface area contributed by atoms with Crippen LogP contribution in [0.3, 0.4) is 0 Å². The molecule has 0 atom stereocenters. The van der Waals surface area contributed by atoms with Crippen molar-refractivity contribution in [1.82, 2.24) is 4.90 Å². The van der Waals surface area contributed by atoms with E-state index in [1.165, 1.54) is 5.56 Å². The topological polar surface area (TPSA) is 49.5 Å². The molecule has 0 bridgehead atoms. The van der Waals surface area contributed by atoms with Gasteiger partial charge in [-0.3, -0.25) is 4.90 Å². The number of likely N-dealkylation sites (tertiary alicyclic amines) is 1. The summed E-state index contributed by atoms with van der Waals surface area (Å²) < 4.78 is 0. The normalized spacial score (nSPS) is 18.1. The van der Waals surface area contributed by atoms with Gasteiger partial charge in [0.05, 0.1) is 4.99 Å². The molecule has 3 nitrogen and oxygen atoms in total. The lowest BCUT2D eigenvalue weighted by molar-refractivity contribution is 0.202. The van der Waals surface area contributed by atoms with Crippen molar-refractivity contribution in [3.8, 4) is 5.75 Å². The Balaban J connectivity index is 1.85. The highest BCUT2D eigenvalue weighted by atomic mass is 32.1. The van der Waals surface area contributed by atoms with Gasteiger partial charge in [0.15, 0.2) is 0 Å². The predicted molar refractivity (Wildman–Crippen MR) is 72.9 cm³/mol. The van der Waals surface area contributed by atoms with E-state index in [1.807, 2.05) is 12.1 Å². The summed E-state index contributed by atoms with van der Waals surface area (Å²) in [5.41, 5.74) is 6.90. The number of thiocarbonyl (C=S) groups is 1. The van der Waals surface area contributed by atoms with E-state index in [1.54, 1.807) is 12.1 Å². The molecule has 0 radical (unpaired) electrons. The van der Waals surface area contributed by atoms with Gasteiger partial charge >= 0.3 is 0 Å². The summed E-state index contributed by atoms with van der Waals surface area (Å²) in [6, 6.07) is 7.40. The molecular weight excluding hydrogens is 232 g/mol. The quantitative estimate of drug-likeness (QED) is 0.804. The maximum Gasteiger partial charge on any atom is 0.115 e. The predicted octanol–water partition coefficient (Wildman–Crippen LogP) is 1.89. The summed E-state index contributed by atoms with van der Waals surface area (Å²) in [5.74, 6) is 0.738. The second-order valence-electron chi connectivity index (χ2n) is 4.62. The molecule has 0 saturated carbocycles. The van der Waals surface area contributed by atoms with E-state index < -0.39 is 0 Å². The number of hydrogen-bond acceptors (Lipinski definition) is 3. The van der Waals surface area contributed by atoms with Gasteiger partial charge in [-0.15, -0.1) is 0 Å². The molecule has 0 unspecified atom stereocenters. The number of nitrogens with two attached hydrogens (primary N) is 1. The van der Waals surface area contributed by atoms with Crippen molar-refractivity contribution in [2.75, 3.05) is 13.1 Å². The smallest absolute Gasteiger partial charge is 0.115 e. The molecule has 0 spiro atoms. The minimum Gasteiger partial charge on any atom is -0.508 e. The summed E-state index contributed by atoms with van der Waals surface area (Å²) in [7, 11) is 0. The summed E-state index contributed by atoms with van der Waals surface area (Å²) in [6.07, 6.45) is 2.13. The van der Waals surface area contributed by atoms with Gasteiger partial charge in [0.1, 0.15) is 5.75 Å². The van der Waals surface area contributed by atoms with Crippen molar-refractivity contribution in [3.63, 3.8) is 0 Å². The van der Waals surface area contributed by atoms with Crippen LogP contribution in [0.2, 0.25) is 0 Å². The Kier molecular flexibility index (Phi) is 3.97. The van der Waals surface area contributed by atoms with Gasteiger partial charge in [-0.1, -0.05) is 24.4 Å². The molecule has 1 aliphatic rings. The molecule has 3 N–H and O–H groups in total. The van der Waals surface area contributed by atoms with Crippen LogP contribution in [0.5, 0.6) is 5.75 Å². The van der Waals surface area contributed by atoms with Gasteiger partial charge in [-0.2, -0.15) is 0 Å². The largest absolute Gasteiger partial charge is 0.508 e. The zero-order valence-corrected chi connectivity index (χ0v) is 10.6. The molecule has 0 aliphatic carbocycles. The fraction of sp³-hybridized carbons (Fsp3) is 0.462. The van der Waals surface area contributed by atoms with Gasteiger partial charge in [-0.05, 0) is 43.6 Å². The van der Waals surface area contributed by atoms with Gasteiger partial charge < -0.3 is 10.8 Å². The number of benzene rings is 1. The Morgan fingerprint density at radius 2 is 1.88 bits per heavy atom. The molecule has 0 aromatic heterocycles. The maximum absolute atomic E-state index is 9.22. The first-order valence-electron chi connectivity index (χ1n) is 5.95. The monoisotopic (exact) mass is 250 g/mol. The fourth-order valence-corrected chi connectivity index (χ4v) is 2.47. The standard InChI is InChI=1S/C13H18N2OS/c14-13(17)11-5-7-15(8-6-11)9-10-1-3-12(16)4-2-10/h1-4,11,16H,5-9H2,(H2,14,17). The number of hydrogen-bond donors (Lipinski definition) is 2. The average molecular weight is 250 g/mol. The molecule has 0 amide bonds. The second-order valence-corrected chi connectivity index (χ2v) is 5.09.